The van der Waals surface area contributed by atoms with Gasteiger partial charge in [0.1, 0.15) is 0 Å². The molecule has 0 aromatic carbocycles. The number of hydrogen-bond acceptors (Lipinski definition) is 4. The van der Waals surface area contributed by atoms with Gasteiger partial charge in [-0.1, -0.05) is 0 Å². The van der Waals surface area contributed by atoms with Crippen molar-refractivity contribution in [3.8, 4) is 5.88 Å². The highest BCUT2D eigenvalue weighted by atomic mass is 19.4. The Morgan fingerprint density at radius 2 is 1.86 bits per heavy atom. The number of carbonyl (C=O) groups is 1. The fraction of sp³-hybridized carbons (Fsp3) is 0.400. The number of nitrogens with two attached hydrogens (primary N) is 1. The van der Waals surface area contributed by atoms with Crippen LogP contribution in [0.3, 0.4) is 0 Å². The Balaban J connectivity index is 3.46. The molecule has 0 fully saturated rings. The highest BCUT2D eigenvalue weighted by Crippen LogP contribution is 2.36. The van der Waals surface area contributed by atoms with Gasteiger partial charge in [-0.05, 0) is 0 Å². The zero-order chi connectivity index (χ0) is 16.4. The summed E-state index contributed by atoms with van der Waals surface area (Å²) in [6, 6.07) is 0.0288. The molecule has 0 radical (unpaired) electrons. The average molecular weight is 318 g/mol. The highest BCUT2D eigenvalue weighted by molar-refractivity contribution is 5.70. The summed E-state index contributed by atoms with van der Waals surface area (Å²) in [5.41, 5.74) is 2.16. The lowest BCUT2D eigenvalue weighted by Gasteiger charge is -2.17. The Labute approximate surface area is 113 Å². The average Bonchev–Trinajstić information content (AvgIpc) is 2.23. The van der Waals surface area contributed by atoms with Crippen molar-refractivity contribution in [1.82, 2.24) is 4.98 Å². The zero-order valence-corrected chi connectivity index (χ0v) is 10.0. The number of aromatic nitrogens is 1. The van der Waals surface area contributed by atoms with Crippen LogP contribution < -0.4 is 10.5 Å². The predicted octanol–water partition coefficient (Wildman–Crippen LogP) is 2.08. The van der Waals surface area contributed by atoms with Crippen LogP contribution in [0.25, 0.3) is 0 Å². The zero-order valence-electron chi connectivity index (χ0n) is 10.0. The van der Waals surface area contributed by atoms with Crippen molar-refractivity contribution in [3.05, 3.63) is 22.9 Å². The molecule has 0 aliphatic rings. The summed E-state index contributed by atoms with van der Waals surface area (Å²) in [6.45, 7) is -0.739. The Bertz CT molecular complexity index is 541. The van der Waals surface area contributed by atoms with Gasteiger partial charge in [-0.2, -0.15) is 13.2 Å². The monoisotopic (exact) mass is 318 g/mol. The largest absolute Gasteiger partial charge is 0.574 e. The fourth-order valence-corrected chi connectivity index (χ4v) is 1.54. The fourth-order valence-electron chi connectivity index (χ4n) is 1.54. The lowest BCUT2D eigenvalue weighted by molar-refractivity contribution is -0.276. The Morgan fingerprint density at radius 3 is 2.24 bits per heavy atom. The van der Waals surface area contributed by atoms with Crippen LogP contribution in [0.4, 0.5) is 26.3 Å². The van der Waals surface area contributed by atoms with E-state index in [4.69, 9.17) is 10.8 Å². The molecule has 0 unspecified atom stereocenters. The smallest absolute Gasteiger partial charge is 0.481 e. The first-order chi connectivity index (χ1) is 9.44. The van der Waals surface area contributed by atoms with Crippen molar-refractivity contribution < 1.29 is 41.0 Å². The standard InChI is InChI=1S/C10H8F6N2O3/c11-9(12,13)5-1-7(21-10(14,15)16)18-6(2-8(19)20)4(5)3-17/h1H,2-3,17H2,(H,19,20). The highest BCUT2D eigenvalue weighted by Gasteiger charge is 2.38. The van der Waals surface area contributed by atoms with E-state index in [2.05, 4.69) is 9.72 Å². The molecule has 5 nitrogen and oxygen atoms in total. The summed E-state index contributed by atoms with van der Waals surface area (Å²) in [6.07, 6.45) is -11.3. The van der Waals surface area contributed by atoms with E-state index in [-0.39, 0.29) is 6.07 Å². The molecule has 11 heteroatoms. The number of carboxylic acids is 1. The van der Waals surface area contributed by atoms with Gasteiger partial charge in [0, 0.05) is 18.2 Å². The van der Waals surface area contributed by atoms with Crippen LogP contribution in [-0.4, -0.2) is 22.4 Å². The second kappa shape index (κ2) is 5.76. The first-order valence-corrected chi connectivity index (χ1v) is 5.21. The Hall–Kier alpha value is -2.04. The van der Waals surface area contributed by atoms with E-state index in [1.165, 1.54) is 0 Å². The van der Waals surface area contributed by atoms with Crippen LogP contribution in [0, 0.1) is 0 Å². The lowest BCUT2D eigenvalue weighted by Crippen LogP contribution is -2.22. The minimum Gasteiger partial charge on any atom is -0.481 e. The van der Waals surface area contributed by atoms with Crippen molar-refractivity contribution in [2.45, 2.75) is 25.5 Å². The molecule has 1 aromatic heterocycles. The van der Waals surface area contributed by atoms with Crippen molar-refractivity contribution >= 4 is 5.97 Å². The van der Waals surface area contributed by atoms with Gasteiger partial charge in [-0.25, -0.2) is 4.98 Å². The lowest BCUT2D eigenvalue weighted by atomic mass is 10.0. The van der Waals surface area contributed by atoms with Crippen LogP contribution in [0.5, 0.6) is 5.88 Å². The molecule has 0 aliphatic heterocycles. The SMILES string of the molecule is NCc1c(C(F)(F)F)cc(OC(F)(F)F)nc1CC(=O)O. The van der Waals surface area contributed by atoms with E-state index in [1.807, 2.05) is 0 Å². The number of ether oxygens (including phenoxy) is 1. The molecule has 0 aliphatic carbocycles. The van der Waals surface area contributed by atoms with Gasteiger partial charge in [-0.15, -0.1) is 13.2 Å². The molecule has 0 saturated heterocycles. The summed E-state index contributed by atoms with van der Waals surface area (Å²) >= 11 is 0. The van der Waals surface area contributed by atoms with Crippen LogP contribution >= 0.6 is 0 Å². The molecule has 0 saturated carbocycles. The minimum absolute atomic E-state index is 0.0288. The molecule has 1 aromatic rings. The maximum Gasteiger partial charge on any atom is 0.574 e. The van der Waals surface area contributed by atoms with Crippen LogP contribution in [0.2, 0.25) is 0 Å². The van der Waals surface area contributed by atoms with Gasteiger partial charge >= 0.3 is 18.5 Å². The molecule has 1 rings (SSSR count). The summed E-state index contributed by atoms with van der Waals surface area (Å²) in [5, 5.41) is 8.58. The van der Waals surface area contributed by atoms with Crippen LogP contribution in [-0.2, 0) is 23.9 Å². The number of halogens is 6. The number of pyridine rings is 1. The molecule has 1 heterocycles. The van der Waals surface area contributed by atoms with Gasteiger partial charge in [0.2, 0.25) is 5.88 Å². The first kappa shape index (κ1) is 17.0. The number of hydrogen-bond donors (Lipinski definition) is 2. The minimum atomic E-state index is -5.26. The number of aliphatic carboxylic acids is 1. The number of carboxylic acid groups (broad SMARTS) is 1. The molecule has 0 atom stereocenters. The molecular weight excluding hydrogens is 310 g/mol. The third-order valence-electron chi connectivity index (χ3n) is 2.23. The van der Waals surface area contributed by atoms with Gasteiger partial charge in [-0.3, -0.25) is 4.79 Å². The van der Waals surface area contributed by atoms with Gasteiger partial charge in [0.15, 0.2) is 0 Å². The van der Waals surface area contributed by atoms with Crippen molar-refractivity contribution in [2.75, 3.05) is 0 Å². The predicted molar refractivity (Wildman–Crippen MR) is 55.2 cm³/mol. The van der Waals surface area contributed by atoms with E-state index < -0.39 is 54.2 Å². The quantitative estimate of drug-likeness (QED) is 0.830. The summed E-state index contributed by atoms with van der Waals surface area (Å²) in [5.74, 6) is -2.97. The molecule has 0 bridgehead atoms. The maximum atomic E-state index is 12.8. The van der Waals surface area contributed by atoms with Crippen molar-refractivity contribution in [2.24, 2.45) is 5.73 Å². The van der Waals surface area contributed by atoms with E-state index in [0.717, 1.165) is 0 Å². The molecule has 0 amide bonds. The normalized spacial score (nSPS) is 12.3. The van der Waals surface area contributed by atoms with Crippen LogP contribution in [0.15, 0.2) is 6.07 Å². The first-order valence-electron chi connectivity index (χ1n) is 5.21. The summed E-state index contributed by atoms with van der Waals surface area (Å²) in [7, 11) is 0. The Morgan fingerprint density at radius 1 is 1.29 bits per heavy atom. The number of rotatable bonds is 4. The topological polar surface area (TPSA) is 85.4 Å². The number of alkyl halides is 6. The number of nitrogens with zero attached hydrogens (tertiary/aromatic N) is 1. The molecular formula is C10H8F6N2O3. The molecule has 118 valence electrons. The van der Waals surface area contributed by atoms with Crippen LogP contribution in [0.1, 0.15) is 16.8 Å². The van der Waals surface area contributed by atoms with E-state index >= 15 is 0 Å². The van der Waals surface area contributed by atoms with Gasteiger partial charge in [0.25, 0.3) is 0 Å². The maximum absolute atomic E-state index is 12.8. The summed E-state index contributed by atoms with van der Waals surface area (Å²) in [4.78, 5) is 13.7. The third-order valence-corrected chi connectivity index (χ3v) is 2.23. The van der Waals surface area contributed by atoms with Crippen molar-refractivity contribution in [1.29, 1.82) is 0 Å². The van der Waals surface area contributed by atoms with Gasteiger partial charge in [0.05, 0.1) is 17.7 Å². The second-order valence-corrected chi connectivity index (χ2v) is 3.75. The Kier molecular flexibility index (Phi) is 4.66. The second-order valence-electron chi connectivity index (χ2n) is 3.75. The summed E-state index contributed by atoms with van der Waals surface area (Å²) < 4.78 is 77.9. The van der Waals surface area contributed by atoms with E-state index in [1.54, 1.807) is 0 Å². The van der Waals surface area contributed by atoms with E-state index in [0.29, 0.717) is 0 Å². The van der Waals surface area contributed by atoms with E-state index in [9.17, 15) is 31.1 Å². The van der Waals surface area contributed by atoms with Gasteiger partial charge < -0.3 is 15.6 Å². The molecule has 0 spiro atoms. The molecule has 3 N–H and O–H groups in total. The molecule has 21 heavy (non-hydrogen) atoms. The van der Waals surface area contributed by atoms with Crippen molar-refractivity contribution in [3.63, 3.8) is 0 Å². The third kappa shape index (κ3) is 4.77.